The number of benzene rings is 1. The predicted molar refractivity (Wildman–Crippen MR) is 102 cm³/mol. The average Bonchev–Trinajstić information content (AvgIpc) is 2.70. The van der Waals surface area contributed by atoms with Crippen LogP contribution in [-0.2, 0) is 25.7 Å². The predicted octanol–water partition coefficient (Wildman–Crippen LogP) is 3.86. The molecule has 3 aromatic rings. The monoisotopic (exact) mass is 418 g/mol. The van der Waals surface area contributed by atoms with E-state index in [1.165, 1.54) is 18.3 Å². The van der Waals surface area contributed by atoms with Crippen molar-refractivity contribution in [1.82, 2.24) is 19.9 Å². The summed E-state index contributed by atoms with van der Waals surface area (Å²) in [5.74, 6) is -0.251. The molecule has 0 saturated heterocycles. The standard InChI is InChI=1S/C21H18F4N4O/c1-12-8-13(9-26-18(12)22)10-29-7-6-17-16(11-29)20(30)28-19(27-17)14-2-4-15(5-3-14)21(23,24)25/h2-5,8-9H,6-7,10-11H2,1H3,(H,27,28,30). The van der Waals surface area contributed by atoms with E-state index in [4.69, 9.17) is 0 Å². The maximum Gasteiger partial charge on any atom is 0.416 e. The van der Waals surface area contributed by atoms with Gasteiger partial charge in [0.15, 0.2) is 0 Å². The first-order valence-electron chi connectivity index (χ1n) is 9.34. The SMILES string of the molecule is Cc1cc(CN2CCc3nc(-c4ccc(C(F)(F)F)cc4)[nH]c(=O)c3C2)cnc1F. The lowest BCUT2D eigenvalue weighted by molar-refractivity contribution is -0.137. The van der Waals surface area contributed by atoms with Crippen molar-refractivity contribution in [3.8, 4) is 11.4 Å². The van der Waals surface area contributed by atoms with Gasteiger partial charge in [-0.15, -0.1) is 0 Å². The molecule has 0 radical (unpaired) electrons. The van der Waals surface area contributed by atoms with Crippen LogP contribution in [0.5, 0.6) is 0 Å². The molecule has 9 heteroatoms. The minimum atomic E-state index is -4.42. The zero-order chi connectivity index (χ0) is 21.5. The molecule has 0 bridgehead atoms. The molecule has 1 aromatic carbocycles. The lowest BCUT2D eigenvalue weighted by atomic mass is 10.0. The van der Waals surface area contributed by atoms with Crippen molar-refractivity contribution in [3.63, 3.8) is 0 Å². The number of nitrogens with zero attached hydrogens (tertiary/aromatic N) is 3. The Bertz CT molecular complexity index is 1140. The molecule has 0 unspecified atom stereocenters. The highest BCUT2D eigenvalue weighted by atomic mass is 19.4. The van der Waals surface area contributed by atoms with Gasteiger partial charge in [-0.05, 0) is 30.7 Å². The lowest BCUT2D eigenvalue weighted by Crippen LogP contribution is -2.35. The molecule has 156 valence electrons. The fraction of sp³-hybridized carbons (Fsp3) is 0.286. The molecule has 2 aromatic heterocycles. The second-order valence-corrected chi connectivity index (χ2v) is 7.33. The molecule has 4 rings (SSSR count). The van der Waals surface area contributed by atoms with Gasteiger partial charge in [0, 0.05) is 43.4 Å². The van der Waals surface area contributed by atoms with Gasteiger partial charge in [-0.1, -0.05) is 12.1 Å². The van der Waals surface area contributed by atoms with Crippen molar-refractivity contribution < 1.29 is 17.6 Å². The average molecular weight is 418 g/mol. The molecule has 5 nitrogen and oxygen atoms in total. The summed E-state index contributed by atoms with van der Waals surface area (Å²) in [5, 5.41) is 0. The van der Waals surface area contributed by atoms with Gasteiger partial charge in [-0.25, -0.2) is 9.97 Å². The summed E-state index contributed by atoms with van der Waals surface area (Å²) in [5.41, 5.74) is 1.83. The van der Waals surface area contributed by atoms with Crippen molar-refractivity contribution >= 4 is 0 Å². The molecule has 0 atom stereocenters. The fourth-order valence-electron chi connectivity index (χ4n) is 3.53. The number of aryl methyl sites for hydroxylation is 1. The summed E-state index contributed by atoms with van der Waals surface area (Å²) in [6, 6.07) is 6.26. The number of fused-ring (bicyclic) bond motifs is 1. The highest BCUT2D eigenvalue weighted by Crippen LogP contribution is 2.30. The van der Waals surface area contributed by atoms with E-state index in [1.807, 2.05) is 4.90 Å². The van der Waals surface area contributed by atoms with Crippen LogP contribution in [0.25, 0.3) is 11.4 Å². The quantitative estimate of drug-likeness (QED) is 0.518. The third-order valence-corrected chi connectivity index (χ3v) is 5.11. The summed E-state index contributed by atoms with van der Waals surface area (Å²) in [6.45, 7) is 3.19. The van der Waals surface area contributed by atoms with Gasteiger partial charge >= 0.3 is 6.18 Å². The molecule has 0 aliphatic carbocycles. The Kier molecular flexibility index (Phi) is 5.15. The molecule has 0 saturated carbocycles. The fourth-order valence-corrected chi connectivity index (χ4v) is 3.53. The maximum atomic E-state index is 13.4. The summed E-state index contributed by atoms with van der Waals surface area (Å²) >= 11 is 0. The van der Waals surface area contributed by atoms with Crippen LogP contribution in [0.2, 0.25) is 0 Å². The Morgan fingerprint density at radius 1 is 1.20 bits per heavy atom. The summed E-state index contributed by atoms with van der Waals surface area (Å²) in [6.07, 6.45) is -2.41. The third kappa shape index (κ3) is 4.11. The molecule has 1 N–H and O–H groups in total. The van der Waals surface area contributed by atoms with E-state index >= 15 is 0 Å². The number of rotatable bonds is 3. The van der Waals surface area contributed by atoms with Crippen molar-refractivity contribution in [2.75, 3.05) is 6.54 Å². The molecule has 1 aliphatic heterocycles. The Morgan fingerprint density at radius 2 is 1.93 bits per heavy atom. The van der Waals surface area contributed by atoms with E-state index in [9.17, 15) is 22.4 Å². The zero-order valence-electron chi connectivity index (χ0n) is 16.1. The number of aromatic nitrogens is 3. The van der Waals surface area contributed by atoms with Crippen LogP contribution in [-0.4, -0.2) is 26.4 Å². The number of H-pyrrole nitrogens is 1. The molecule has 30 heavy (non-hydrogen) atoms. The van der Waals surface area contributed by atoms with Crippen molar-refractivity contribution in [2.45, 2.75) is 32.6 Å². The van der Waals surface area contributed by atoms with Crippen molar-refractivity contribution in [1.29, 1.82) is 0 Å². The minimum Gasteiger partial charge on any atom is -0.306 e. The Morgan fingerprint density at radius 3 is 2.60 bits per heavy atom. The first-order chi connectivity index (χ1) is 14.2. The highest BCUT2D eigenvalue weighted by molar-refractivity contribution is 5.56. The van der Waals surface area contributed by atoms with E-state index in [-0.39, 0.29) is 11.4 Å². The summed E-state index contributed by atoms with van der Waals surface area (Å²) in [7, 11) is 0. The topological polar surface area (TPSA) is 61.9 Å². The van der Waals surface area contributed by atoms with Crippen LogP contribution < -0.4 is 5.56 Å². The van der Waals surface area contributed by atoms with E-state index in [2.05, 4.69) is 15.0 Å². The van der Waals surface area contributed by atoms with E-state index < -0.39 is 17.7 Å². The van der Waals surface area contributed by atoms with Gasteiger partial charge in [0.1, 0.15) is 5.82 Å². The van der Waals surface area contributed by atoms with E-state index in [0.717, 1.165) is 17.7 Å². The first kappa shape index (κ1) is 20.2. The van der Waals surface area contributed by atoms with E-state index in [0.29, 0.717) is 48.4 Å². The lowest BCUT2D eigenvalue weighted by Gasteiger charge is -2.27. The van der Waals surface area contributed by atoms with Gasteiger partial charge in [0.2, 0.25) is 5.95 Å². The first-order valence-corrected chi connectivity index (χ1v) is 9.34. The molecule has 0 spiro atoms. The second kappa shape index (κ2) is 7.64. The van der Waals surface area contributed by atoms with Crippen molar-refractivity contribution in [3.05, 3.63) is 80.8 Å². The number of pyridine rings is 1. The number of aromatic amines is 1. The largest absolute Gasteiger partial charge is 0.416 e. The number of halogens is 4. The number of alkyl halides is 3. The van der Waals surface area contributed by atoms with E-state index in [1.54, 1.807) is 13.0 Å². The zero-order valence-corrected chi connectivity index (χ0v) is 16.1. The van der Waals surface area contributed by atoms with Crippen molar-refractivity contribution in [2.24, 2.45) is 0 Å². The summed E-state index contributed by atoms with van der Waals surface area (Å²) in [4.78, 5) is 25.5. The van der Waals surface area contributed by atoms with Crippen LogP contribution >= 0.6 is 0 Å². The highest BCUT2D eigenvalue weighted by Gasteiger charge is 2.30. The summed E-state index contributed by atoms with van der Waals surface area (Å²) < 4.78 is 51.6. The van der Waals surface area contributed by atoms with Gasteiger partial charge in [0.25, 0.3) is 5.56 Å². The molecule has 0 fully saturated rings. The van der Waals surface area contributed by atoms with Crippen LogP contribution in [0.1, 0.15) is 27.9 Å². The molecule has 3 heterocycles. The Balaban J connectivity index is 1.55. The molecule has 0 amide bonds. The van der Waals surface area contributed by atoms with Gasteiger partial charge in [-0.2, -0.15) is 17.6 Å². The number of hydrogen-bond acceptors (Lipinski definition) is 4. The normalized spacial score (nSPS) is 14.6. The van der Waals surface area contributed by atoms with Crippen LogP contribution in [0.3, 0.4) is 0 Å². The van der Waals surface area contributed by atoms with Crippen LogP contribution in [0, 0.1) is 12.9 Å². The third-order valence-electron chi connectivity index (χ3n) is 5.11. The van der Waals surface area contributed by atoms with Gasteiger partial charge in [0.05, 0.1) is 16.8 Å². The maximum absolute atomic E-state index is 13.4. The minimum absolute atomic E-state index is 0.249. The Labute approximate surface area is 169 Å². The molecular formula is C21H18F4N4O. The smallest absolute Gasteiger partial charge is 0.306 e. The molecular weight excluding hydrogens is 400 g/mol. The van der Waals surface area contributed by atoms with Crippen LogP contribution in [0.15, 0.2) is 41.3 Å². The molecule has 1 aliphatic rings. The second-order valence-electron chi connectivity index (χ2n) is 7.33. The van der Waals surface area contributed by atoms with Gasteiger partial charge in [-0.3, -0.25) is 9.69 Å². The van der Waals surface area contributed by atoms with Crippen LogP contribution in [0.4, 0.5) is 17.6 Å². The Hall–Kier alpha value is -3.07. The number of nitrogens with one attached hydrogen (secondary N) is 1. The number of hydrogen-bond donors (Lipinski definition) is 1. The van der Waals surface area contributed by atoms with Gasteiger partial charge < -0.3 is 4.98 Å².